The summed E-state index contributed by atoms with van der Waals surface area (Å²) in [5.74, 6) is 0. The molecule has 1 aromatic carbocycles. The Morgan fingerprint density at radius 2 is 2.00 bits per heavy atom. The Kier molecular flexibility index (Phi) is 6.84. The molecule has 0 amide bonds. The molecule has 0 radical (unpaired) electrons. The van der Waals surface area contributed by atoms with Crippen molar-refractivity contribution < 1.29 is 4.92 Å². The highest BCUT2D eigenvalue weighted by Crippen LogP contribution is 2.22. The van der Waals surface area contributed by atoms with Crippen LogP contribution in [0.4, 0.5) is 11.4 Å². The van der Waals surface area contributed by atoms with E-state index in [0.717, 1.165) is 32.5 Å². The van der Waals surface area contributed by atoms with Crippen molar-refractivity contribution in [3.05, 3.63) is 34.4 Å². The van der Waals surface area contributed by atoms with Crippen LogP contribution in [0.15, 0.2) is 24.3 Å². The predicted molar refractivity (Wildman–Crippen MR) is 77.4 cm³/mol. The quantitative estimate of drug-likeness (QED) is 0.403. The van der Waals surface area contributed by atoms with E-state index in [2.05, 4.69) is 17.3 Å². The summed E-state index contributed by atoms with van der Waals surface area (Å²) in [6.45, 7) is 3.37. The Bertz CT molecular complexity index is 398. The van der Waals surface area contributed by atoms with Crippen LogP contribution >= 0.6 is 0 Å². The van der Waals surface area contributed by atoms with Gasteiger partial charge in [0.1, 0.15) is 5.69 Å². The molecule has 0 unspecified atom stereocenters. The molecule has 0 saturated carbocycles. The van der Waals surface area contributed by atoms with Gasteiger partial charge in [-0.15, -0.1) is 0 Å². The molecular formula is C13H22N4O2. The maximum atomic E-state index is 10.8. The van der Waals surface area contributed by atoms with Gasteiger partial charge in [0.2, 0.25) is 0 Å². The van der Waals surface area contributed by atoms with Crippen molar-refractivity contribution >= 4 is 11.4 Å². The Morgan fingerprint density at radius 1 is 1.32 bits per heavy atom. The van der Waals surface area contributed by atoms with E-state index in [9.17, 15) is 10.1 Å². The molecule has 0 atom stereocenters. The van der Waals surface area contributed by atoms with Gasteiger partial charge in [0.25, 0.3) is 5.69 Å². The molecule has 6 nitrogen and oxygen atoms in total. The van der Waals surface area contributed by atoms with Crippen LogP contribution in [0.25, 0.3) is 0 Å². The monoisotopic (exact) mass is 266 g/mol. The van der Waals surface area contributed by atoms with Crippen molar-refractivity contribution in [2.45, 2.75) is 12.8 Å². The third kappa shape index (κ3) is 5.67. The normalized spacial score (nSPS) is 10.7. The van der Waals surface area contributed by atoms with Crippen LogP contribution in [-0.2, 0) is 0 Å². The van der Waals surface area contributed by atoms with E-state index in [1.54, 1.807) is 18.2 Å². The number of para-hydroxylation sites is 2. The molecule has 0 aliphatic carbocycles. The topological polar surface area (TPSA) is 84.4 Å². The third-order valence-electron chi connectivity index (χ3n) is 2.88. The van der Waals surface area contributed by atoms with Gasteiger partial charge < -0.3 is 16.0 Å². The number of rotatable bonds is 9. The summed E-state index contributed by atoms with van der Waals surface area (Å²) in [4.78, 5) is 12.7. The van der Waals surface area contributed by atoms with Crippen molar-refractivity contribution in [2.75, 3.05) is 38.5 Å². The van der Waals surface area contributed by atoms with Crippen molar-refractivity contribution in [3.63, 3.8) is 0 Å². The zero-order chi connectivity index (χ0) is 14.1. The second kappa shape index (κ2) is 8.44. The Balaban J connectivity index is 2.31. The second-order valence-electron chi connectivity index (χ2n) is 4.50. The lowest BCUT2D eigenvalue weighted by Crippen LogP contribution is -2.24. The Hall–Kier alpha value is -1.66. The zero-order valence-corrected chi connectivity index (χ0v) is 11.3. The molecule has 0 aromatic heterocycles. The average molecular weight is 266 g/mol. The standard InChI is InChI=1S/C13H22N4O2/c1-16(10-4-8-14)11-5-9-15-12-6-2-3-7-13(12)17(18)19/h2-3,6-7,15H,4-5,8-11,14H2,1H3. The molecule has 1 rings (SSSR count). The first-order chi connectivity index (χ1) is 9.15. The lowest BCUT2D eigenvalue weighted by Gasteiger charge is -2.16. The van der Waals surface area contributed by atoms with Crippen molar-refractivity contribution in [2.24, 2.45) is 5.73 Å². The molecule has 19 heavy (non-hydrogen) atoms. The number of hydrogen-bond donors (Lipinski definition) is 2. The van der Waals surface area contributed by atoms with Gasteiger partial charge in [0, 0.05) is 12.6 Å². The summed E-state index contributed by atoms with van der Waals surface area (Å²) in [6, 6.07) is 6.71. The molecule has 1 aromatic rings. The Labute approximate surface area is 113 Å². The van der Waals surface area contributed by atoms with E-state index in [-0.39, 0.29) is 10.6 Å². The molecule has 0 spiro atoms. The van der Waals surface area contributed by atoms with Gasteiger partial charge in [-0.1, -0.05) is 12.1 Å². The summed E-state index contributed by atoms with van der Waals surface area (Å²) < 4.78 is 0. The molecule has 0 saturated heterocycles. The minimum atomic E-state index is -0.365. The van der Waals surface area contributed by atoms with Gasteiger partial charge in [-0.25, -0.2) is 0 Å². The molecule has 0 bridgehead atoms. The van der Waals surface area contributed by atoms with E-state index in [4.69, 9.17) is 5.73 Å². The van der Waals surface area contributed by atoms with Crippen molar-refractivity contribution in [1.82, 2.24) is 4.90 Å². The van der Waals surface area contributed by atoms with Gasteiger partial charge in [-0.05, 0) is 45.6 Å². The fraction of sp³-hybridized carbons (Fsp3) is 0.538. The molecule has 106 valence electrons. The number of nitro benzene ring substituents is 1. The van der Waals surface area contributed by atoms with E-state index >= 15 is 0 Å². The van der Waals surface area contributed by atoms with Crippen LogP contribution < -0.4 is 11.1 Å². The van der Waals surface area contributed by atoms with Crippen LogP contribution in [-0.4, -0.2) is 43.0 Å². The lowest BCUT2D eigenvalue weighted by molar-refractivity contribution is -0.384. The lowest BCUT2D eigenvalue weighted by atomic mass is 10.2. The summed E-state index contributed by atoms with van der Waals surface area (Å²) >= 11 is 0. The predicted octanol–water partition coefficient (Wildman–Crippen LogP) is 1.68. The molecule has 0 fully saturated rings. The number of benzene rings is 1. The SMILES string of the molecule is CN(CCCN)CCCNc1ccccc1[N+](=O)[O-]. The van der Waals surface area contributed by atoms with Gasteiger partial charge in [0.15, 0.2) is 0 Å². The molecule has 0 aliphatic heterocycles. The number of nitrogens with zero attached hydrogens (tertiary/aromatic N) is 2. The molecule has 6 heteroatoms. The fourth-order valence-corrected chi connectivity index (χ4v) is 1.83. The molecular weight excluding hydrogens is 244 g/mol. The van der Waals surface area contributed by atoms with Crippen LogP contribution in [0, 0.1) is 10.1 Å². The zero-order valence-electron chi connectivity index (χ0n) is 11.3. The van der Waals surface area contributed by atoms with Crippen LogP contribution in [0.2, 0.25) is 0 Å². The minimum Gasteiger partial charge on any atom is -0.379 e. The van der Waals surface area contributed by atoms with Crippen LogP contribution in [0.1, 0.15) is 12.8 Å². The van der Waals surface area contributed by atoms with Crippen LogP contribution in [0.3, 0.4) is 0 Å². The summed E-state index contributed by atoms with van der Waals surface area (Å²) in [7, 11) is 2.06. The van der Waals surface area contributed by atoms with Crippen molar-refractivity contribution in [1.29, 1.82) is 0 Å². The maximum absolute atomic E-state index is 10.8. The fourth-order valence-electron chi connectivity index (χ4n) is 1.83. The van der Waals surface area contributed by atoms with E-state index in [0.29, 0.717) is 12.2 Å². The minimum absolute atomic E-state index is 0.124. The first-order valence-corrected chi connectivity index (χ1v) is 6.51. The van der Waals surface area contributed by atoms with E-state index in [1.165, 1.54) is 6.07 Å². The molecule has 3 N–H and O–H groups in total. The van der Waals surface area contributed by atoms with Gasteiger partial charge in [0.05, 0.1) is 4.92 Å². The Morgan fingerprint density at radius 3 is 2.68 bits per heavy atom. The maximum Gasteiger partial charge on any atom is 0.292 e. The summed E-state index contributed by atoms with van der Waals surface area (Å²) in [5.41, 5.74) is 6.15. The van der Waals surface area contributed by atoms with E-state index in [1.807, 2.05) is 0 Å². The van der Waals surface area contributed by atoms with Crippen molar-refractivity contribution in [3.8, 4) is 0 Å². The highest BCUT2D eigenvalue weighted by molar-refractivity contribution is 5.60. The molecule has 0 aliphatic rings. The second-order valence-corrected chi connectivity index (χ2v) is 4.50. The van der Waals surface area contributed by atoms with Gasteiger partial charge in [-0.2, -0.15) is 0 Å². The third-order valence-corrected chi connectivity index (χ3v) is 2.88. The first-order valence-electron chi connectivity index (χ1n) is 6.51. The number of nitro groups is 1. The summed E-state index contributed by atoms with van der Waals surface area (Å²) in [5, 5.41) is 13.9. The molecule has 0 heterocycles. The first kappa shape index (κ1) is 15.4. The highest BCUT2D eigenvalue weighted by atomic mass is 16.6. The largest absolute Gasteiger partial charge is 0.379 e. The summed E-state index contributed by atoms with van der Waals surface area (Å²) in [6.07, 6.45) is 1.93. The highest BCUT2D eigenvalue weighted by Gasteiger charge is 2.11. The van der Waals surface area contributed by atoms with Gasteiger partial charge >= 0.3 is 0 Å². The smallest absolute Gasteiger partial charge is 0.292 e. The number of hydrogen-bond acceptors (Lipinski definition) is 5. The number of anilines is 1. The number of nitrogens with two attached hydrogens (primary N) is 1. The number of nitrogens with one attached hydrogen (secondary N) is 1. The average Bonchev–Trinajstić information content (AvgIpc) is 2.41. The van der Waals surface area contributed by atoms with E-state index < -0.39 is 0 Å². The van der Waals surface area contributed by atoms with Gasteiger partial charge in [-0.3, -0.25) is 10.1 Å². The van der Waals surface area contributed by atoms with Crippen LogP contribution in [0.5, 0.6) is 0 Å².